The van der Waals surface area contributed by atoms with Crippen molar-refractivity contribution < 1.29 is 0 Å². The number of nitrogens with one attached hydrogen (secondary N) is 1. The average molecular weight is 301 g/mol. The molecule has 6 heteroatoms. The third-order valence-corrected chi connectivity index (χ3v) is 2.91. The Kier molecular flexibility index (Phi) is 5.37. The summed E-state index contributed by atoms with van der Waals surface area (Å²) in [4.78, 5) is 11.9. The number of hydrogen-bond donors (Lipinski definition) is 2. The van der Waals surface area contributed by atoms with Crippen LogP contribution >= 0.6 is 15.9 Å². The van der Waals surface area contributed by atoms with Gasteiger partial charge in [-0.1, -0.05) is 12.2 Å². The number of rotatable bonds is 5. The van der Waals surface area contributed by atoms with Crippen molar-refractivity contribution in [2.24, 2.45) is 5.73 Å². The van der Waals surface area contributed by atoms with Crippen LogP contribution in [0, 0.1) is 0 Å². The summed E-state index contributed by atoms with van der Waals surface area (Å²) in [5, 5.41) is 7.19. The van der Waals surface area contributed by atoms with Crippen LogP contribution in [0.2, 0.25) is 0 Å². The van der Waals surface area contributed by atoms with Crippen LogP contribution in [0.3, 0.4) is 0 Å². The molecule has 0 aliphatic carbocycles. The van der Waals surface area contributed by atoms with E-state index in [-0.39, 0.29) is 11.6 Å². The second kappa shape index (κ2) is 6.56. The molecular weight excluding hydrogens is 284 g/mol. The van der Waals surface area contributed by atoms with Gasteiger partial charge in [0.15, 0.2) is 0 Å². The normalized spacial score (nSPS) is 11.4. The second-order valence-corrected chi connectivity index (χ2v) is 4.60. The average Bonchev–Trinajstić information content (AvgIpc) is 2.29. The van der Waals surface area contributed by atoms with Crippen LogP contribution in [0.4, 0.5) is 5.69 Å². The van der Waals surface area contributed by atoms with E-state index in [0.717, 1.165) is 0 Å². The van der Waals surface area contributed by atoms with Gasteiger partial charge < -0.3 is 11.1 Å². The lowest BCUT2D eigenvalue weighted by Crippen LogP contribution is -2.26. The van der Waals surface area contributed by atoms with Gasteiger partial charge in [0, 0.05) is 13.1 Å². The van der Waals surface area contributed by atoms with E-state index >= 15 is 0 Å². The molecule has 0 fully saturated rings. The van der Waals surface area contributed by atoms with Gasteiger partial charge in [0.2, 0.25) is 0 Å². The smallest absolute Gasteiger partial charge is 0.283 e. The summed E-state index contributed by atoms with van der Waals surface area (Å²) < 4.78 is 1.94. The third-order valence-electron chi connectivity index (χ3n) is 2.15. The molecule has 1 heterocycles. The first kappa shape index (κ1) is 13.9. The number of halogens is 1. The van der Waals surface area contributed by atoms with Gasteiger partial charge in [0.1, 0.15) is 4.47 Å². The van der Waals surface area contributed by atoms with Gasteiger partial charge in [-0.2, -0.15) is 5.10 Å². The number of nitrogens with two attached hydrogens (primary N) is 1. The number of aromatic nitrogens is 2. The molecule has 94 valence electrons. The van der Waals surface area contributed by atoms with Crippen LogP contribution < -0.4 is 16.6 Å². The monoisotopic (exact) mass is 300 g/mol. The topological polar surface area (TPSA) is 72.9 Å². The molecule has 0 aromatic carbocycles. The van der Waals surface area contributed by atoms with Gasteiger partial charge >= 0.3 is 0 Å². The van der Waals surface area contributed by atoms with E-state index < -0.39 is 0 Å². The van der Waals surface area contributed by atoms with Crippen molar-refractivity contribution >= 4 is 21.6 Å². The highest BCUT2D eigenvalue weighted by molar-refractivity contribution is 9.10. The van der Waals surface area contributed by atoms with E-state index in [1.807, 2.05) is 26.0 Å². The number of anilines is 1. The molecular formula is C11H17BrN4O. The van der Waals surface area contributed by atoms with Crippen molar-refractivity contribution in [3.8, 4) is 0 Å². The number of hydrogen-bond acceptors (Lipinski definition) is 4. The summed E-state index contributed by atoms with van der Waals surface area (Å²) in [5.41, 5.74) is 5.88. The Bertz CT molecular complexity index is 453. The van der Waals surface area contributed by atoms with E-state index in [2.05, 4.69) is 26.3 Å². The zero-order chi connectivity index (χ0) is 12.8. The van der Waals surface area contributed by atoms with Crippen LogP contribution in [0.15, 0.2) is 27.6 Å². The Labute approximate surface area is 109 Å². The Hall–Kier alpha value is -1.14. The maximum atomic E-state index is 11.9. The van der Waals surface area contributed by atoms with Crippen LogP contribution in [-0.2, 0) is 0 Å². The second-order valence-electron chi connectivity index (χ2n) is 3.80. The first-order valence-electron chi connectivity index (χ1n) is 5.44. The van der Waals surface area contributed by atoms with Crippen LogP contribution in [0.5, 0.6) is 0 Å². The summed E-state index contributed by atoms with van der Waals surface area (Å²) >= 11 is 3.28. The molecule has 0 saturated carbocycles. The molecule has 0 amide bonds. The maximum absolute atomic E-state index is 11.9. The van der Waals surface area contributed by atoms with Crippen LogP contribution in [0.25, 0.3) is 0 Å². The molecule has 0 aliphatic heterocycles. The standard InChI is InChI=1S/C11H17BrN4O/c1-8(2)16-11(17)10(12)9(7-15-16)14-6-4-3-5-13/h3-4,7-8,14H,5-6,13H2,1-2H3/b4-3+. The molecule has 1 aromatic rings. The van der Waals surface area contributed by atoms with Gasteiger partial charge in [0.05, 0.1) is 17.9 Å². The largest absolute Gasteiger partial charge is 0.379 e. The number of nitrogens with zero attached hydrogens (tertiary/aromatic N) is 2. The molecule has 0 bridgehead atoms. The molecule has 0 saturated heterocycles. The van der Waals surface area contributed by atoms with E-state index in [4.69, 9.17) is 5.73 Å². The van der Waals surface area contributed by atoms with E-state index in [9.17, 15) is 4.79 Å². The Balaban J connectivity index is 2.86. The summed E-state index contributed by atoms with van der Waals surface area (Å²) in [6.45, 7) is 4.95. The molecule has 1 rings (SSSR count). The molecule has 17 heavy (non-hydrogen) atoms. The van der Waals surface area contributed by atoms with Crippen molar-refractivity contribution in [3.63, 3.8) is 0 Å². The van der Waals surface area contributed by atoms with Gasteiger partial charge in [-0.15, -0.1) is 0 Å². The Morgan fingerprint density at radius 3 is 2.88 bits per heavy atom. The molecule has 0 aliphatic rings. The van der Waals surface area contributed by atoms with Crippen molar-refractivity contribution in [2.75, 3.05) is 18.4 Å². The summed E-state index contributed by atoms with van der Waals surface area (Å²) in [6, 6.07) is 0.0463. The fraction of sp³-hybridized carbons (Fsp3) is 0.455. The zero-order valence-corrected chi connectivity index (χ0v) is 11.6. The molecule has 0 spiro atoms. The highest BCUT2D eigenvalue weighted by Gasteiger charge is 2.09. The summed E-state index contributed by atoms with van der Waals surface area (Å²) in [7, 11) is 0. The first-order valence-corrected chi connectivity index (χ1v) is 6.23. The van der Waals surface area contributed by atoms with Gasteiger partial charge in [0.25, 0.3) is 5.56 Å². The van der Waals surface area contributed by atoms with E-state index in [0.29, 0.717) is 23.2 Å². The lowest BCUT2D eigenvalue weighted by molar-refractivity contribution is 0.501. The molecule has 0 radical (unpaired) electrons. The lowest BCUT2D eigenvalue weighted by atomic mass is 10.4. The zero-order valence-electron chi connectivity index (χ0n) is 9.98. The minimum atomic E-state index is -0.132. The highest BCUT2D eigenvalue weighted by atomic mass is 79.9. The fourth-order valence-electron chi connectivity index (χ4n) is 1.28. The van der Waals surface area contributed by atoms with Crippen LogP contribution in [-0.4, -0.2) is 22.9 Å². The molecule has 0 atom stereocenters. The summed E-state index contributed by atoms with van der Waals surface area (Å²) in [5.74, 6) is 0. The van der Waals surface area contributed by atoms with Gasteiger partial charge in [-0.05, 0) is 29.8 Å². The van der Waals surface area contributed by atoms with Crippen molar-refractivity contribution in [1.29, 1.82) is 0 Å². The molecule has 0 unspecified atom stereocenters. The molecule has 3 N–H and O–H groups in total. The lowest BCUT2D eigenvalue weighted by Gasteiger charge is -2.11. The Morgan fingerprint density at radius 1 is 1.59 bits per heavy atom. The highest BCUT2D eigenvalue weighted by Crippen LogP contribution is 2.16. The van der Waals surface area contributed by atoms with Crippen molar-refractivity contribution in [3.05, 3.63) is 33.2 Å². The van der Waals surface area contributed by atoms with E-state index in [1.165, 1.54) is 4.68 Å². The maximum Gasteiger partial charge on any atom is 0.283 e. The van der Waals surface area contributed by atoms with Crippen molar-refractivity contribution in [2.45, 2.75) is 19.9 Å². The first-order chi connectivity index (χ1) is 8.07. The minimum Gasteiger partial charge on any atom is -0.379 e. The predicted octanol–water partition coefficient (Wildman–Crippen LogP) is 1.51. The summed E-state index contributed by atoms with van der Waals surface area (Å²) in [6.07, 6.45) is 5.39. The van der Waals surface area contributed by atoms with Gasteiger partial charge in [-0.3, -0.25) is 4.79 Å². The van der Waals surface area contributed by atoms with Gasteiger partial charge in [-0.25, -0.2) is 4.68 Å². The predicted molar refractivity (Wildman–Crippen MR) is 73.3 cm³/mol. The van der Waals surface area contributed by atoms with Crippen LogP contribution in [0.1, 0.15) is 19.9 Å². The third kappa shape index (κ3) is 3.67. The Morgan fingerprint density at radius 2 is 2.29 bits per heavy atom. The minimum absolute atomic E-state index is 0.0463. The molecule has 5 nitrogen and oxygen atoms in total. The van der Waals surface area contributed by atoms with E-state index in [1.54, 1.807) is 6.20 Å². The quantitative estimate of drug-likeness (QED) is 0.809. The van der Waals surface area contributed by atoms with Crippen molar-refractivity contribution in [1.82, 2.24) is 9.78 Å². The SMILES string of the molecule is CC(C)n1ncc(NC/C=C/CN)c(Br)c1=O. The fourth-order valence-corrected chi connectivity index (χ4v) is 1.71. The molecule has 1 aromatic heterocycles.